The maximum atomic E-state index is 11.3. The van der Waals surface area contributed by atoms with Crippen LogP contribution in [-0.4, -0.2) is 8.11 Å². The minimum absolute atomic E-state index is 0.264. The summed E-state index contributed by atoms with van der Waals surface area (Å²) >= 11 is 11.5. The minimum Gasteiger partial charge on any atom is -0.458 e. The highest BCUT2D eigenvalue weighted by Gasteiger charge is 2.30. The molecule has 0 unspecified atom stereocenters. The summed E-state index contributed by atoms with van der Waals surface area (Å²) in [5.41, 5.74) is 0.959. The van der Waals surface area contributed by atoms with Crippen LogP contribution in [0.5, 0.6) is 0 Å². The predicted molar refractivity (Wildman–Crippen MR) is 78.5 cm³/mol. The first kappa shape index (κ1) is 13.9. The van der Waals surface area contributed by atoms with Gasteiger partial charge in [0, 0.05) is 3.57 Å². The molecule has 2 nitrogen and oxygen atoms in total. The first-order valence-electron chi connectivity index (χ1n) is 3.88. The Balaban J connectivity index is 2.51. The zero-order valence-electron chi connectivity index (χ0n) is 7.34. The summed E-state index contributed by atoms with van der Waals surface area (Å²) in [5, 5.41) is 0. The van der Waals surface area contributed by atoms with Gasteiger partial charge in [0.1, 0.15) is 6.61 Å². The number of benzene rings is 1. The van der Waals surface area contributed by atoms with Crippen molar-refractivity contribution in [2.75, 3.05) is 0 Å². The molecule has 0 bridgehead atoms. The Hall–Kier alpha value is 0.860. The second-order valence-corrected chi connectivity index (χ2v) is 10.7. The van der Waals surface area contributed by atoms with Crippen LogP contribution in [0.1, 0.15) is 5.56 Å². The molecule has 0 atom stereocenters. The van der Waals surface area contributed by atoms with Crippen molar-refractivity contribution >= 4 is 76.4 Å². The average molecular weight is 513 g/mol. The molecule has 1 rings (SSSR count). The number of hydrogen-bond donors (Lipinski definition) is 0. The Kier molecular flexibility index (Phi) is 5.54. The van der Waals surface area contributed by atoms with Gasteiger partial charge in [-0.05, 0) is 88.1 Å². The Labute approximate surface area is 127 Å². The van der Waals surface area contributed by atoms with E-state index in [-0.39, 0.29) is 6.61 Å². The number of rotatable bonds is 2. The number of ether oxygens (including phenoxy) is 1. The fourth-order valence-electron chi connectivity index (χ4n) is 0.811. The maximum absolute atomic E-state index is 11.3. The molecule has 1 aromatic rings. The molecule has 0 saturated carbocycles. The topological polar surface area (TPSA) is 26.3 Å². The van der Waals surface area contributed by atoms with Crippen LogP contribution >= 0.6 is 70.4 Å². The molecule has 0 heterocycles. The predicted octanol–water partition coefficient (Wildman–Crippen LogP) is 4.17. The molecule has 0 aromatic heterocycles. The van der Waals surface area contributed by atoms with Crippen LogP contribution in [0.3, 0.4) is 0 Å². The van der Waals surface area contributed by atoms with E-state index in [1.54, 1.807) is 0 Å². The van der Waals surface area contributed by atoms with Gasteiger partial charge >= 0.3 is 5.97 Å². The lowest BCUT2D eigenvalue weighted by Gasteiger charge is -2.11. The highest BCUT2D eigenvalue weighted by Crippen LogP contribution is 2.34. The SMILES string of the molecule is O=C(OCc1ccc(I)cc1)C(Br)(Br)Br. The van der Waals surface area contributed by atoms with Gasteiger partial charge < -0.3 is 4.74 Å². The highest BCUT2D eigenvalue weighted by molar-refractivity contribution is 14.1. The van der Waals surface area contributed by atoms with E-state index in [0.29, 0.717) is 0 Å². The van der Waals surface area contributed by atoms with E-state index in [9.17, 15) is 4.79 Å². The molecule has 82 valence electrons. The van der Waals surface area contributed by atoms with Crippen LogP contribution < -0.4 is 0 Å². The smallest absolute Gasteiger partial charge is 0.345 e. The van der Waals surface area contributed by atoms with Crippen LogP contribution in [0.15, 0.2) is 24.3 Å². The van der Waals surface area contributed by atoms with Crippen molar-refractivity contribution in [3.8, 4) is 0 Å². The van der Waals surface area contributed by atoms with E-state index in [2.05, 4.69) is 70.4 Å². The lowest BCUT2D eigenvalue weighted by Crippen LogP contribution is -2.19. The molecular weight excluding hydrogens is 507 g/mol. The first-order valence-corrected chi connectivity index (χ1v) is 7.34. The number of carbonyl (C=O) groups excluding carboxylic acids is 1. The van der Waals surface area contributed by atoms with Crippen LogP contribution in [0.4, 0.5) is 0 Å². The van der Waals surface area contributed by atoms with Crippen molar-refractivity contribution in [2.45, 2.75) is 8.75 Å². The number of alkyl halides is 3. The largest absolute Gasteiger partial charge is 0.458 e. The van der Waals surface area contributed by atoms with E-state index in [0.717, 1.165) is 9.13 Å². The van der Waals surface area contributed by atoms with Gasteiger partial charge in [-0.25, -0.2) is 4.79 Å². The number of halogens is 4. The van der Waals surface area contributed by atoms with E-state index >= 15 is 0 Å². The molecule has 0 aliphatic heterocycles. The molecule has 0 fully saturated rings. The molecule has 0 saturated heterocycles. The Bertz CT molecular complexity index is 345. The summed E-state index contributed by atoms with van der Waals surface area (Å²) in [6.45, 7) is 0.264. The maximum Gasteiger partial charge on any atom is 0.345 e. The molecule has 0 aliphatic carbocycles. The van der Waals surface area contributed by atoms with Gasteiger partial charge in [-0.15, -0.1) is 0 Å². The van der Waals surface area contributed by atoms with E-state index in [1.807, 2.05) is 24.3 Å². The van der Waals surface area contributed by atoms with Gasteiger partial charge in [0.25, 0.3) is 0 Å². The Morgan fingerprint density at radius 3 is 2.27 bits per heavy atom. The fraction of sp³-hybridized carbons (Fsp3) is 0.222. The number of esters is 1. The summed E-state index contributed by atoms with van der Waals surface area (Å²) in [5.74, 6) is -0.416. The second kappa shape index (κ2) is 5.97. The zero-order chi connectivity index (χ0) is 11.5. The molecule has 0 aliphatic rings. The summed E-state index contributed by atoms with van der Waals surface area (Å²) < 4.78 is 5.21. The van der Waals surface area contributed by atoms with Gasteiger partial charge in [0.15, 0.2) is 0 Å². The van der Waals surface area contributed by atoms with E-state index in [1.165, 1.54) is 0 Å². The molecule has 6 heteroatoms. The lowest BCUT2D eigenvalue weighted by molar-refractivity contribution is -0.142. The molecule has 0 amide bonds. The van der Waals surface area contributed by atoms with Crippen molar-refractivity contribution in [1.29, 1.82) is 0 Å². The Morgan fingerprint density at radius 2 is 1.80 bits per heavy atom. The van der Waals surface area contributed by atoms with E-state index in [4.69, 9.17) is 4.74 Å². The standard InChI is InChI=1S/C9H6Br3IO2/c10-9(11,12)8(14)15-5-6-1-3-7(13)4-2-6/h1-4H,5H2. The quantitative estimate of drug-likeness (QED) is 0.338. The Morgan fingerprint density at radius 1 is 1.27 bits per heavy atom. The normalized spacial score (nSPS) is 11.2. The molecule has 0 N–H and O–H groups in total. The molecular formula is C9H6Br3IO2. The number of hydrogen-bond acceptors (Lipinski definition) is 2. The third-order valence-corrected chi connectivity index (χ3v) is 3.21. The van der Waals surface area contributed by atoms with Crippen LogP contribution in [0.2, 0.25) is 0 Å². The van der Waals surface area contributed by atoms with Gasteiger partial charge in [-0.2, -0.15) is 0 Å². The van der Waals surface area contributed by atoms with Crippen molar-refractivity contribution in [3.05, 3.63) is 33.4 Å². The fourth-order valence-corrected chi connectivity index (χ4v) is 1.51. The first-order chi connectivity index (χ1) is 6.89. The second-order valence-electron chi connectivity index (χ2n) is 2.70. The number of carbonyl (C=O) groups is 1. The van der Waals surface area contributed by atoms with Gasteiger partial charge in [0.05, 0.1) is 0 Å². The summed E-state index contributed by atoms with van der Waals surface area (Å²) in [6.07, 6.45) is 0. The third-order valence-electron chi connectivity index (χ3n) is 1.51. The summed E-state index contributed by atoms with van der Waals surface area (Å²) in [6, 6.07) is 7.78. The van der Waals surface area contributed by atoms with Crippen molar-refractivity contribution in [3.63, 3.8) is 0 Å². The van der Waals surface area contributed by atoms with Crippen molar-refractivity contribution < 1.29 is 9.53 Å². The van der Waals surface area contributed by atoms with Gasteiger partial charge in [-0.3, -0.25) is 0 Å². The van der Waals surface area contributed by atoms with Crippen molar-refractivity contribution in [1.82, 2.24) is 0 Å². The molecule has 0 spiro atoms. The van der Waals surface area contributed by atoms with Gasteiger partial charge in [-0.1, -0.05) is 12.1 Å². The molecule has 15 heavy (non-hydrogen) atoms. The van der Waals surface area contributed by atoms with Crippen LogP contribution in [0.25, 0.3) is 0 Å². The lowest BCUT2D eigenvalue weighted by atomic mass is 10.2. The summed E-state index contributed by atoms with van der Waals surface area (Å²) in [7, 11) is 0. The van der Waals surface area contributed by atoms with Crippen LogP contribution in [0, 0.1) is 3.57 Å². The average Bonchev–Trinajstić information content (AvgIpc) is 2.15. The third kappa shape index (κ3) is 5.14. The van der Waals surface area contributed by atoms with Crippen LogP contribution in [-0.2, 0) is 16.1 Å². The molecule has 0 radical (unpaired) electrons. The highest BCUT2D eigenvalue weighted by atomic mass is 127. The molecule has 1 aromatic carbocycles. The minimum atomic E-state index is -0.990. The monoisotopic (exact) mass is 510 g/mol. The van der Waals surface area contributed by atoms with Crippen molar-refractivity contribution in [2.24, 2.45) is 0 Å². The van der Waals surface area contributed by atoms with E-state index < -0.39 is 8.11 Å². The zero-order valence-corrected chi connectivity index (χ0v) is 14.3. The van der Waals surface area contributed by atoms with Gasteiger partial charge in [0.2, 0.25) is 2.14 Å². The summed E-state index contributed by atoms with van der Waals surface area (Å²) in [4.78, 5) is 11.3.